The summed E-state index contributed by atoms with van der Waals surface area (Å²) >= 11 is 0. The van der Waals surface area contributed by atoms with Gasteiger partial charge in [0.1, 0.15) is 73.2 Å². The van der Waals surface area contributed by atoms with Crippen molar-refractivity contribution in [3.63, 3.8) is 0 Å². The Morgan fingerprint density at radius 1 is 0.378 bits per heavy atom. The number of aliphatic hydroxyl groups is 11. The Morgan fingerprint density at radius 3 is 1.14 bits per heavy atom. The van der Waals surface area contributed by atoms with Gasteiger partial charge in [-0.1, -0.05) is 286 Å². The molecule has 17 atom stereocenters. The molecule has 0 aromatic heterocycles. The third-order valence-corrected chi connectivity index (χ3v) is 19.2. The van der Waals surface area contributed by atoms with E-state index >= 15 is 0 Å². The number of carbonyl (C=O) groups is 1. The average molecular weight is 1390 g/mol. The first-order chi connectivity index (χ1) is 47.8. The quantitative estimate of drug-likeness (QED) is 0.0199. The minimum absolute atomic E-state index is 0.237. The van der Waals surface area contributed by atoms with E-state index in [1.165, 1.54) is 193 Å². The summed E-state index contributed by atoms with van der Waals surface area (Å²) in [5.74, 6) is -0.283. The van der Waals surface area contributed by atoms with Crippen molar-refractivity contribution in [2.75, 3.05) is 26.4 Å². The van der Waals surface area contributed by atoms with E-state index in [1.54, 1.807) is 6.08 Å². The van der Waals surface area contributed by atoms with Crippen molar-refractivity contribution < 1.29 is 89.4 Å². The zero-order valence-electron chi connectivity index (χ0n) is 60.8. The van der Waals surface area contributed by atoms with Crippen LogP contribution in [0.3, 0.4) is 0 Å². The van der Waals surface area contributed by atoms with Crippen LogP contribution in [0.2, 0.25) is 0 Å². The number of carbonyl (C=O) groups excluding carboxylic acids is 1. The zero-order chi connectivity index (χ0) is 71.1. The van der Waals surface area contributed by atoms with Crippen LogP contribution >= 0.6 is 0 Å². The van der Waals surface area contributed by atoms with E-state index in [-0.39, 0.29) is 18.9 Å². The number of allylic oxidation sites excluding steroid dienone is 11. The van der Waals surface area contributed by atoms with Crippen LogP contribution < -0.4 is 5.32 Å². The maximum Gasteiger partial charge on any atom is 0.220 e. The summed E-state index contributed by atoms with van der Waals surface area (Å²) in [4.78, 5) is 13.4. The van der Waals surface area contributed by atoms with Gasteiger partial charge in [0.05, 0.1) is 38.6 Å². The van der Waals surface area contributed by atoms with Crippen LogP contribution in [0.4, 0.5) is 0 Å². The first-order valence-corrected chi connectivity index (χ1v) is 39.2. The third kappa shape index (κ3) is 39.8. The van der Waals surface area contributed by atoms with Crippen molar-refractivity contribution in [2.45, 2.75) is 394 Å². The molecule has 1 amide bonds. The summed E-state index contributed by atoms with van der Waals surface area (Å²) < 4.78 is 34.3. The molecule has 19 heteroatoms. The van der Waals surface area contributed by atoms with E-state index < -0.39 is 124 Å². The van der Waals surface area contributed by atoms with Gasteiger partial charge in [0.2, 0.25) is 5.91 Å². The Balaban J connectivity index is 1.26. The molecule has 98 heavy (non-hydrogen) atoms. The van der Waals surface area contributed by atoms with Crippen LogP contribution in [0.1, 0.15) is 290 Å². The van der Waals surface area contributed by atoms with Crippen LogP contribution in [0.15, 0.2) is 72.9 Å². The van der Waals surface area contributed by atoms with Gasteiger partial charge in [-0.25, -0.2) is 0 Å². The molecule has 3 heterocycles. The van der Waals surface area contributed by atoms with Crippen molar-refractivity contribution in [2.24, 2.45) is 0 Å². The third-order valence-electron chi connectivity index (χ3n) is 19.2. The smallest absolute Gasteiger partial charge is 0.220 e. The molecular formula is C79H141NO18. The lowest BCUT2D eigenvalue weighted by Gasteiger charge is -2.48. The Bertz CT molecular complexity index is 2050. The van der Waals surface area contributed by atoms with Crippen molar-refractivity contribution in [1.82, 2.24) is 5.32 Å². The molecule has 3 rings (SSSR count). The van der Waals surface area contributed by atoms with Gasteiger partial charge in [-0.2, -0.15) is 0 Å². The minimum Gasteiger partial charge on any atom is -0.394 e. The molecule has 0 spiro atoms. The summed E-state index contributed by atoms with van der Waals surface area (Å²) in [6.45, 7) is 1.59. The summed E-state index contributed by atoms with van der Waals surface area (Å²) in [6, 6.07) is -0.989. The first kappa shape index (κ1) is 89.4. The molecule has 0 aliphatic carbocycles. The number of unbranched alkanes of at least 4 members (excludes halogenated alkanes) is 35. The average Bonchev–Trinajstić information content (AvgIpc) is 0.785. The predicted molar refractivity (Wildman–Crippen MR) is 388 cm³/mol. The number of ether oxygens (including phenoxy) is 6. The maximum atomic E-state index is 13.4. The van der Waals surface area contributed by atoms with Gasteiger partial charge in [0.15, 0.2) is 18.9 Å². The van der Waals surface area contributed by atoms with E-state index in [4.69, 9.17) is 28.4 Å². The molecule has 12 N–H and O–H groups in total. The number of hydrogen-bond donors (Lipinski definition) is 12. The highest BCUT2D eigenvalue weighted by Gasteiger charge is 2.53. The second kappa shape index (κ2) is 59.6. The van der Waals surface area contributed by atoms with Crippen molar-refractivity contribution in [3.05, 3.63) is 72.9 Å². The zero-order valence-corrected chi connectivity index (χ0v) is 60.8. The molecule has 19 nitrogen and oxygen atoms in total. The van der Waals surface area contributed by atoms with Crippen LogP contribution in [0, 0.1) is 0 Å². The molecule has 3 fully saturated rings. The Labute approximate surface area is 591 Å². The van der Waals surface area contributed by atoms with E-state index in [9.17, 15) is 61.0 Å². The molecular weight excluding hydrogens is 1250 g/mol. The maximum absolute atomic E-state index is 13.4. The number of nitrogens with one attached hydrogen (secondary N) is 1. The lowest BCUT2D eigenvalue weighted by molar-refractivity contribution is -0.379. The monoisotopic (exact) mass is 1390 g/mol. The lowest BCUT2D eigenvalue weighted by atomic mass is 9.96. The highest BCUT2D eigenvalue weighted by atomic mass is 16.8. The number of aliphatic hydroxyl groups excluding tert-OH is 11. The highest BCUT2D eigenvalue weighted by molar-refractivity contribution is 5.76. The van der Waals surface area contributed by atoms with Crippen LogP contribution in [0.25, 0.3) is 0 Å². The second-order valence-electron chi connectivity index (χ2n) is 27.8. The Morgan fingerprint density at radius 2 is 0.714 bits per heavy atom. The van der Waals surface area contributed by atoms with Gasteiger partial charge in [0, 0.05) is 6.42 Å². The molecule has 3 aliphatic rings. The van der Waals surface area contributed by atoms with E-state index in [0.717, 1.165) is 64.2 Å². The number of amides is 1. The molecule has 570 valence electrons. The summed E-state index contributed by atoms with van der Waals surface area (Å²) in [6.07, 6.45) is 50.9. The lowest BCUT2D eigenvalue weighted by Crippen LogP contribution is -2.66. The normalized spacial score (nSPS) is 27.1. The molecule has 0 aromatic rings. The van der Waals surface area contributed by atoms with Crippen LogP contribution in [-0.4, -0.2) is 193 Å². The fraction of sp³-hybridized carbons (Fsp3) is 0.835. The van der Waals surface area contributed by atoms with Crippen molar-refractivity contribution in [1.29, 1.82) is 0 Å². The molecule has 17 unspecified atom stereocenters. The van der Waals surface area contributed by atoms with Gasteiger partial charge in [-0.15, -0.1) is 0 Å². The van der Waals surface area contributed by atoms with E-state index in [2.05, 4.69) is 79.9 Å². The van der Waals surface area contributed by atoms with Gasteiger partial charge in [-0.05, 0) is 70.6 Å². The number of rotatable bonds is 61. The first-order valence-electron chi connectivity index (χ1n) is 39.2. The van der Waals surface area contributed by atoms with Gasteiger partial charge < -0.3 is 89.9 Å². The fourth-order valence-corrected chi connectivity index (χ4v) is 13.0. The largest absolute Gasteiger partial charge is 0.394 e. The van der Waals surface area contributed by atoms with Crippen molar-refractivity contribution >= 4 is 5.91 Å². The Hall–Kier alpha value is -2.77. The second-order valence-corrected chi connectivity index (χ2v) is 27.8. The highest BCUT2D eigenvalue weighted by Crippen LogP contribution is 2.33. The SMILES string of the molecule is CC/C=C\C/C=C\C/C=C\C/C=C\CCCCCCCCCCCCCCCCCCCCCCCCCCCCCCC(=O)NC(COC1OC(CO)C(OC2OC(CO)C(OC3OC(CO)C(O)C(O)C3O)C(O)C2O)C(O)C1O)C(O)/C=C/CC/C=C/CCCCCCCC. The topological polar surface area (TPSA) is 307 Å². The molecule has 0 bridgehead atoms. The summed E-state index contributed by atoms with van der Waals surface area (Å²) in [5, 5.41) is 120. The van der Waals surface area contributed by atoms with Gasteiger partial charge in [-0.3, -0.25) is 4.79 Å². The van der Waals surface area contributed by atoms with Gasteiger partial charge in [0.25, 0.3) is 0 Å². The minimum atomic E-state index is -1.98. The summed E-state index contributed by atoms with van der Waals surface area (Å²) in [5.41, 5.74) is 0. The Kier molecular flexibility index (Phi) is 54.4. The molecule has 0 aromatic carbocycles. The van der Waals surface area contributed by atoms with Crippen LogP contribution in [0.5, 0.6) is 0 Å². The van der Waals surface area contributed by atoms with E-state index in [0.29, 0.717) is 12.8 Å². The van der Waals surface area contributed by atoms with Crippen molar-refractivity contribution in [3.8, 4) is 0 Å². The molecule has 0 saturated carbocycles. The summed E-state index contributed by atoms with van der Waals surface area (Å²) in [7, 11) is 0. The molecule has 0 radical (unpaired) electrons. The molecule has 3 aliphatic heterocycles. The van der Waals surface area contributed by atoms with E-state index in [1.807, 2.05) is 6.08 Å². The van der Waals surface area contributed by atoms with Crippen LogP contribution in [-0.2, 0) is 33.2 Å². The van der Waals surface area contributed by atoms with Gasteiger partial charge >= 0.3 is 0 Å². The standard InChI is InChI=1S/C79H141NO18/c1-3-5-7-9-11-13-15-17-18-19-20-21-22-23-24-25-26-27-28-29-30-31-32-33-34-35-36-37-38-39-40-41-42-43-44-45-47-49-51-53-55-57-67(85)80-62(63(84)56-54-52-50-48-46-16-14-12-10-8-6-4-2)61-93-77-73(91)70(88)75(65(59-82)95-77)98-79-74(92)71(89)76(66(60-83)96-79)97-78-72(90)69(87)68(86)64(58-81)94-78/h5,7,11,13,17-18,20-21,46,48,54,56,62-66,68-79,81-84,86-92H,3-4,6,8-10,12,14-16,19,22-45,47,49-53,55,57-61H2,1-2H3,(H,80,85)/b7-5-,13-11-,18-17-,21-20-,48-46+,56-54+. The predicted octanol–water partition coefficient (Wildman–Crippen LogP) is 12.4. The fourth-order valence-electron chi connectivity index (χ4n) is 13.0. The molecule has 3 saturated heterocycles. The number of hydrogen-bond acceptors (Lipinski definition) is 18.